The Balaban J connectivity index is 1.24. The van der Waals surface area contributed by atoms with Crippen LogP contribution in [-0.4, -0.2) is 53.9 Å². The highest BCUT2D eigenvalue weighted by Gasteiger charge is 2.29. The maximum atomic E-state index is 8.98. The van der Waals surface area contributed by atoms with Gasteiger partial charge in [0.1, 0.15) is 12.7 Å². The average molecular weight is 370 g/mol. The number of ether oxygens (including phenoxy) is 2. The summed E-state index contributed by atoms with van der Waals surface area (Å²) in [5.74, 6) is 2.50. The molecular weight excluding hydrogens is 340 g/mol. The SMILES string of the molecule is OCCCC1CCN(CC2=CCC([C@H]3COc4cccnc4O3)C=C2)CC1. The second-order valence-corrected chi connectivity index (χ2v) is 7.90. The molecule has 5 heteroatoms. The van der Waals surface area contributed by atoms with Crippen LogP contribution in [0, 0.1) is 11.8 Å². The van der Waals surface area contributed by atoms with Crippen molar-refractivity contribution in [3.8, 4) is 11.6 Å². The molecule has 5 nitrogen and oxygen atoms in total. The maximum absolute atomic E-state index is 8.98. The normalized spacial score (nSPS) is 26.0. The molecule has 2 aliphatic heterocycles. The molecule has 3 aliphatic rings. The molecule has 0 amide bonds. The Kier molecular flexibility index (Phi) is 6.10. The lowest BCUT2D eigenvalue weighted by Crippen LogP contribution is -2.37. The van der Waals surface area contributed by atoms with E-state index in [1.807, 2.05) is 12.1 Å². The Hall–Kier alpha value is -1.85. The van der Waals surface area contributed by atoms with Gasteiger partial charge in [0.15, 0.2) is 5.75 Å². The molecule has 0 saturated carbocycles. The summed E-state index contributed by atoms with van der Waals surface area (Å²) >= 11 is 0. The van der Waals surface area contributed by atoms with Gasteiger partial charge in [0.2, 0.25) is 0 Å². The van der Waals surface area contributed by atoms with E-state index >= 15 is 0 Å². The number of fused-ring (bicyclic) bond motifs is 1. The quantitative estimate of drug-likeness (QED) is 0.833. The number of aromatic nitrogens is 1. The Morgan fingerprint density at radius 2 is 2.15 bits per heavy atom. The molecule has 27 heavy (non-hydrogen) atoms. The first-order valence-electron chi connectivity index (χ1n) is 10.3. The number of nitrogens with zero attached hydrogens (tertiary/aromatic N) is 2. The summed E-state index contributed by atoms with van der Waals surface area (Å²) in [4.78, 5) is 6.84. The zero-order valence-electron chi connectivity index (χ0n) is 15.9. The molecule has 1 aliphatic carbocycles. The lowest BCUT2D eigenvalue weighted by atomic mass is 9.90. The van der Waals surface area contributed by atoms with Crippen LogP contribution in [0.2, 0.25) is 0 Å². The van der Waals surface area contributed by atoms with E-state index in [4.69, 9.17) is 14.6 Å². The van der Waals surface area contributed by atoms with E-state index in [0.29, 0.717) is 25.0 Å². The largest absolute Gasteiger partial charge is 0.484 e. The number of pyridine rings is 1. The molecule has 0 spiro atoms. The molecule has 1 N–H and O–H groups in total. The van der Waals surface area contributed by atoms with Gasteiger partial charge < -0.3 is 14.6 Å². The van der Waals surface area contributed by atoms with Gasteiger partial charge in [-0.1, -0.05) is 18.2 Å². The number of hydrogen-bond acceptors (Lipinski definition) is 5. The third-order valence-electron chi connectivity index (χ3n) is 5.97. The Labute approximate surface area is 161 Å². The van der Waals surface area contributed by atoms with Crippen molar-refractivity contribution in [2.45, 2.75) is 38.2 Å². The van der Waals surface area contributed by atoms with E-state index in [1.54, 1.807) is 6.20 Å². The van der Waals surface area contributed by atoms with Crippen LogP contribution in [-0.2, 0) is 0 Å². The molecule has 4 rings (SSSR count). The lowest BCUT2D eigenvalue weighted by Gasteiger charge is -2.33. The minimum Gasteiger partial charge on any atom is -0.484 e. The van der Waals surface area contributed by atoms with Crippen LogP contribution in [0.1, 0.15) is 32.1 Å². The minimum atomic E-state index is 0.0312. The van der Waals surface area contributed by atoms with E-state index in [2.05, 4.69) is 28.1 Å². The fraction of sp³-hybridized carbons (Fsp3) is 0.591. The molecule has 1 saturated heterocycles. The highest BCUT2D eigenvalue weighted by Crippen LogP contribution is 2.33. The highest BCUT2D eigenvalue weighted by molar-refractivity contribution is 5.34. The molecule has 1 unspecified atom stereocenters. The van der Waals surface area contributed by atoms with Crippen LogP contribution in [0.5, 0.6) is 11.6 Å². The first-order valence-corrected chi connectivity index (χ1v) is 10.3. The van der Waals surface area contributed by atoms with Gasteiger partial charge in [0.05, 0.1) is 0 Å². The van der Waals surface area contributed by atoms with Gasteiger partial charge in [-0.2, -0.15) is 0 Å². The highest BCUT2D eigenvalue weighted by atomic mass is 16.6. The topological polar surface area (TPSA) is 54.8 Å². The Morgan fingerprint density at radius 1 is 1.26 bits per heavy atom. The molecule has 2 atom stereocenters. The first-order chi connectivity index (χ1) is 13.3. The van der Waals surface area contributed by atoms with Crippen LogP contribution in [0.15, 0.2) is 42.1 Å². The summed E-state index contributed by atoms with van der Waals surface area (Å²) in [6.45, 7) is 4.30. The van der Waals surface area contributed by atoms with Gasteiger partial charge in [-0.05, 0) is 68.8 Å². The van der Waals surface area contributed by atoms with Gasteiger partial charge >= 0.3 is 0 Å². The minimum absolute atomic E-state index is 0.0312. The number of piperidine rings is 1. The monoisotopic (exact) mass is 370 g/mol. The van der Waals surface area contributed by atoms with E-state index in [0.717, 1.165) is 31.1 Å². The van der Waals surface area contributed by atoms with E-state index in [-0.39, 0.29) is 6.10 Å². The summed E-state index contributed by atoms with van der Waals surface area (Å²) in [6.07, 6.45) is 14.3. The van der Waals surface area contributed by atoms with Crippen molar-refractivity contribution in [1.82, 2.24) is 9.88 Å². The Bertz CT molecular complexity index is 680. The van der Waals surface area contributed by atoms with Crippen LogP contribution in [0.3, 0.4) is 0 Å². The van der Waals surface area contributed by atoms with Crippen molar-refractivity contribution in [3.63, 3.8) is 0 Å². The summed E-state index contributed by atoms with van der Waals surface area (Å²) in [5.41, 5.74) is 1.41. The fourth-order valence-corrected chi connectivity index (χ4v) is 4.28. The van der Waals surface area contributed by atoms with Crippen molar-refractivity contribution in [2.75, 3.05) is 32.8 Å². The maximum Gasteiger partial charge on any atom is 0.257 e. The van der Waals surface area contributed by atoms with Crippen LogP contribution >= 0.6 is 0 Å². The van der Waals surface area contributed by atoms with Crippen molar-refractivity contribution >= 4 is 0 Å². The van der Waals surface area contributed by atoms with Crippen molar-refractivity contribution in [2.24, 2.45) is 11.8 Å². The standard InChI is InChI=1S/C22H30N2O3/c25-14-2-3-17-9-12-24(13-10-17)15-18-5-7-19(8-6-18)21-16-26-20-4-1-11-23-22(20)27-21/h1,4-7,11,17,19,21,25H,2-3,8-10,12-16H2/t19?,21-/m1/s1. The lowest BCUT2D eigenvalue weighted by molar-refractivity contribution is 0.0569. The van der Waals surface area contributed by atoms with Crippen LogP contribution in [0.25, 0.3) is 0 Å². The van der Waals surface area contributed by atoms with E-state index < -0.39 is 0 Å². The van der Waals surface area contributed by atoms with Gasteiger partial charge in [-0.3, -0.25) is 4.90 Å². The third-order valence-corrected chi connectivity index (χ3v) is 5.97. The third kappa shape index (κ3) is 4.71. The number of allylic oxidation sites excluding steroid dienone is 1. The molecule has 0 radical (unpaired) electrons. The summed E-state index contributed by atoms with van der Waals surface area (Å²) in [7, 11) is 0. The van der Waals surface area contributed by atoms with Crippen molar-refractivity contribution in [1.29, 1.82) is 0 Å². The molecule has 146 valence electrons. The van der Waals surface area contributed by atoms with Gasteiger partial charge in [0.25, 0.3) is 5.88 Å². The van der Waals surface area contributed by atoms with Crippen molar-refractivity contribution in [3.05, 3.63) is 42.1 Å². The zero-order valence-corrected chi connectivity index (χ0v) is 15.9. The molecule has 3 heterocycles. The summed E-state index contributed by atoms with van der Waals surface area (Å²) in [5, 5.41) is 8.98. The molecular formula is C22H30N2O3. The molecule has 1 aromatic heterocycles. The summed E-state index contributed by atoms with van der Waals surface area (Å²) < 4.78 is 11.9. The molecule has 1 fully saturated rings. The smallest absolute Gasteiger partial charge is 0.257 e. The molecule has 0 aromatic carbocycles. The molecule has 0 bridgehead atoms. The number of likely N-dealkylation sites (tertiary alicyclic amines) is 1. The van der Waals surface area contributed by atoms with Gasteiger partial charge in [-0.15, -0.1) is 0 Å². The number of aliphatic hydroxyl groups is 1. The van der Waals surface area contributed by atoms with Crippen LogP contribution < -0.4 is 9.47 Å². The first kappa shape index (κ1) is 18.5. The fourth-order valence-electron chi connectivity index (χ4n) is 4.28. The average Bonchev–Trinajstić information content (AvgIpc) is 2.73. The van der Waals surface area contributed by atoms with Gasteiger partial charge in [-0.25, -0.2) is 4.98 Å². The second-order valence-electron chi connectivity index (χ2n) is 7.90. The van der Waals surface area contributed by atoms with Crippen LogP contribution in [0.4, 0.5) is 0 Å². The molecule has 1 aromatic rings. The number of rotatable bonds is 6. The predicted octanol–water partition coefficient (Wildman–Crippen LogP) is 3.21. The Morgan fingerprint density at radius 3 is 2.93 bits per heavy atom. The second kappa shape index (κ2) is 8.89. The van der Waals surface area contributed by atoms with Gasteiger partial charge in [0, 0.05) is 25.3 Å². The van der Waals surface area contributed by atoms with E-state index in [9.17, 15) is 0 Å². The van der Waals surface area contributed by atoms with Crippen molar-refractivity contribution < 1.29 is 14.6 Å². The number of aliphatic hydroxyl groups excluding tert-OH is 1. The number of hydrogen-bond donors (Lipinski definition) is 1. The van der Waals surface area contributed by atoms with E-state index in [1.165, 1.54) is 37.9 Å². The predicted molar refractivity (Wildman–Crippen MR) is 105 cm³/mol. The zero-order chi connectivity index (χ0) is 18.5. The summed E-state index contributed by atoms with van der Waals surface area (Å²) in [6, 6.07) is 3.77.